The van der Waals surface area contributed by atoms with E-state index in [0.29, 0.717) is 12.1 Å². The fourth-order valence-corrected chi connectivity index (χ4v) is 3.20. The lowest BCUT2D eigenvalue weighted by Gasteiger charge is -2.43. The van der Waals surface area contributed by atoms with E-state index in [0.717, 1.165) is 6.54 Å². The summed E-state index contributed by atoms with van der Waals surface area (Å²) in [6, 6.07) is 10.1. The summed E-state index contributed by atoms with van der Waals surface area (Å²) in [7, 11) is 0. The number of nitrogens with zero attached hydrogens (tertiary/aromatic N) is 2. The average Bonchev–Trinajstić information content (AvgIpc) is 2.47. The number of piperazine rings is 1. The van der Waals surface area contributed by atoms with Gasteiger partial charge < -0.3 is 0 Å². The van der Waals surface area contributed by atoms with Crippen molar-refractivity contribution >= 4 is 6.08 Å². The second-order valence-corrected chi connectivity index (χ2v) is 6.08. The smallest absolute Gasteiger partial charge is 0.0235 e. The van der Waals surface area contributed by atoms with Gasteiger partial charge in [0.25, 0.3) is 0 Å². The molecule has 20 heavy (non-hydrogen) atoms. The Morgan fingerprint density at radius 2 is 2.15 bits per heavy atom. The lowest BCUT2D eigenvalue weighted by Crippen LogP contribution is -2.54. The molecule has 1 fully saturated rings. The first-order valence-corrected chi connectivity index (χ1v) is 7.83. The van der Waals surface area contributed by atoms with Gasteiger partial charge in [-0.1, -0.05) is 43.8 Å². The molecular weight excluding hydrogens is 244 g/mol. The predicted octanol–water partition coefficient (Wildman–Crippen LogP) is 3.63. The van der Waals surface area contributed by atoms with Gasteiger partial charge in [0, 0.05) is 38.3 Å². The first-order chi connectivity index (χ1) is 9.63. The molecule has 2 heteroatoms. The van der Waals surface area contributed by atoms with Crippen LogP contribution in [0.5, 0.6) is 0 Å². The van der Waals surface area contributed by atoms with Gasteiger partial charge in [-0.15, -0.1) is 0 Å². The third-order valence-corrected chi connectivity index (χ3v) is 4.34. The minimum atomic E-state index is 0.659. The van der Waals surface area contributed by atoms with Gasteiger partial charge in [0.05, 0.1) is 0 Å². The van der Waals surface area contributed by atoms with Crippen molar-refractivity contribution in [1.82, 2.24) is 9.80 Å². The van der Waals surface area contributed by atoms with Crippen LogP contribution >= 0.6 is 0 Å². The zero-order valence-electron chi connectivity index (χ0n) is 13.2. The minimum Gasteiger partial charge on any atom is -0.296 e. The molecule has 1 aromatic rings. The average molecular weight is 272 g/mol. The van der Waals surface area contributed by atoms with Crippen LogP contribution in [0.1, 0.15) is 38.3 Å². The van der Waals surface area contributed by atoms with Crippen LogP contribution < -0.4 is 0 Å². The van der Waals surface area contributed by atoms with Crippen LogP contribution in [-0.2, 0) is 6.54 Å². The number of hydrogen-bond acceptors (Lipinski definition) is 2. The summed E-state index contributed by atoms with van der Waals surface area (Å²) >= 11 is 0. The molecule has 110 valence electrons. The highest BCUT2D eigenvalue weighted by atomic mass is 15.3. The number of hydrogen-bond donors (Lipinski definition) is 0. The summed E-state index contributed by atoms with van der Waals surface area (Å²) in [4.78, 5) is 5.24. The van der Waals surface area contributed by atoms with E-state index in [2.05, 4.69) is 61.4 Å². The molecule has 2 rings (SSSR count). The van der Waals surface area contributed by atoms with Gasteiger partial charge in [-0.3, -0.25) is 9.80 Å². The summed E-state index contributed by atoms with van der Waals surface area (Å²) in [5.74, 6) is 0. The lowest BCUT2D eigenvalue weighted by molar-refractivity contribution is 0.0457. The molecule has 0 spiro atoms. The molecule has 0 radical (unpaired) electrons. The molecule has 0 amide bonds. The van der Waals surface area contributed by atoms with E-state index in [4.69, 9.17) is 0 Å². The molecular formula is C18H28N2. The molecule has 1 aliphatic heterocycles. The van der Waals surface area contributed by atoms with Crippen LogP contribution in [-0.4, -0.2) is 41.5 Å². The Bertz CT molecular complexity index is 439. The van der Waals surface area contributed by atoms with Crippen LogP contribution in [0.2, 0.25) is 0 Å². The molecule has 0 bridgehead atoms. The minimum absolute atomic E-state index is 0.659. The summed E-state index contributed by atoms with van der Waals surface area (Å²) in [5, 5.41) is 0. The van der Waals surface area contributed by atoms with E-state index in [1.807, 2.05) is 6.08 Å². The SMILES string of the molecule is C=Cc1cccc(CN2CCN(C(C)C)C(CC)C2)c1. The predicted molar refractivity (Wildman–Crippen MR) is 87.7 cm³/mol. The van der Waals surface area contributed by atoms with Crippen molar-refractivity contribution < 1.29 is 0 Å². The number of rotatable bonds is 5. The Balaban J connectivity index is 1.99. The van der Waals surface area contributed by atoms with Crippen LogP contribution in [0.15, 0.2) is 30.8 Å². The Morgan fingerprint density at radius 1 is 1.35 bits per heavy atom. The van der Waals surface area contributed by atoms with Gasteiger partial charge in [0.1, 0.15) is 0 Å². The third-order valence-electron chi connectivity index (χ3n) is 4.34. The Kier molecular flexibility index (Phi) is 5.38. The largest absolute Gasteiger partial charge is 0.296 e. The Hall–Kier alpha value is -1.12. The van der Waals surface area contributed by atoms with E-state index < -0.39 is 0 Å². The van der Waals surface area contributed by atoms with Crippen molar-refractivity contribution in [3.05, 3.63) is 42.0 Å². The molecule has 1 unspecified atom stereocenters. The van der Waals surface area contributed by atoms with Crippen molar-refractivity contribution in [3.8, 4) is 0 Å². The molecule has 0 N–H and O–H groups in total. The quantitative estimate of drug-likeness (QED) is 0.807. The topological polar surface area (TPSA) is 6.48 Å². The zero-order valence-corrected chi connectivity index (χ0v) is 13.2. The lowest BCUT2D eigenvalue weighted by atomic mass is 10.1. The molecule has 2 nitrogen and oxygen atoms in total. The van der Waals surface area contributed by atoms with Gasteiger partial charge in [0.2, 0.25) is 0 Å². The van der Waals surface area contributed by atoms with Gasteiger partial charge >= 0.3 is 0 Å². The second kappa shape index (κ2) is 7.05. The van der Waals surface area contributed by atoms with Crippen molar-refractivity contribution in [1.29, 1.82) is 0 Å². The van der Waals surface area contributed by atoms with Gasteiger partial charge in [-0.2, -0.15) is 0 Å². The summed E-state index contributed by atoms with van der Waals surface area (Å²) in [6.07, 6.45) is 3.16. The van der Waals surface area contributed by atoms with Crippen LogP contribution in [0.25, 0.3) is 6.08 Å². The molecule has 1 aromatic carbocycles. The monoisotopic (exact) mass is 272 g/mol. The van der Waals surface area contributed by atoms with E-state index in [9.17, 15) is 0 Å². The maximum absolute atomic E-state index is 3.85. The maximum Gasteiger partial charge on any atom is 0.0235 e. The highest BCUT2D eigenvalue weighted by Gasteiger charge is 2.27. The van der Waals surface area contributed by atoms with Gasteiger partial charge in [0.15, 0.2) is 0 Å². The molecule has 0 aromatic heterocycles. The highest BCUT2D eigenvalue weighted by molar-refractivity contribution is 5.47. The fourth-order valence-electron chi connectivity index (χ4n) is 3.20. The number of benzene rings is 1. The maximum atomic E-state index is 3.85. The van der Waals surface area contributed by atoms with E-state index in [1.54, 1.807) is 0 Å². The molecule has 0 aliphatic carbocycles. The van der Waals surface area contributed by atoms with Crippen molar-refractivity contribution in [2.24, 2.45) is 0 Å². The molecule has 1 heterocycles. The summed E-state index contributed by atoms with van der Waals surface area (Å²) in [6.45, 7) is 15.4. The summed E-state index contributed by atoms with van der Waals surface area (Å²) in [5.41, 5.74) is 2.62. The van der Waals surface area contributed by atoms with Crippen molar-refractivity contribution in [2.75, 3.05) is 19.6 Å². The van der Waals surface area contributed by atoms with E-state index >= 15 is 0 Å². The van der Waals surface area contributed by atoms with E-state index in [1.165, 1.54) is 37.2 Å². The van der Waals surface area contributed by atoms with E-state index in [-0.39, 0.29) is 0 Å². The van der Waals surface area contributed by atoms with Crippen LogP contribution in [0.4, 0.5) is 0 Å². The first-order valence-electron chi connectivity index (χ1n) is 7.83. The summed E-state index contributed by atoms with van der Waals surface area (Å²) < 4.78 is 0. The van der Waals surface area contributed by atoms with Crippen molar-refractivity contribution in [3.63, 3.8) is 0 Å². The molecule has 1 saturated heterocycles. The first kappa shape index (κ1) is 15.3. The molecule has 0 saturated carbocycles. The van der Waals surface area contributed by atoms with Gasteiger partial charge in [-0.25, -0.2) is 0 Å². The zero-order chi connectivity index (χ0) is 14.5. The fraction of sp³-hybridized carbons (Fsp3) is 0.556. The Labute approximate surface area is 124 Å². The Morgan fingerprint density at radius 3 is 2.80 bits per heavy atom. The normalized spacial score (nSPS) is 21.3. The van der Waals surface area contributed by atoms with Gasteiger partial charge in [-0.05, 0) is 31.4 Å². The second-order valence-electron chi connectivity index (χ2n) is 6.08. The highest BCUT2D eigenvalue weighted by Crippen LogP contribution is 2.18. The van der Waals surface area contributed by atoms with Crippen molar-refractivity contribution in [2.45, 2.75) is 45.8 Å². The van der Waals surface area contributed by atoms with Crippen LogP contribution in [0, 0.1) is 0 Å². The molecule has 1 aliphatic rings. The van der Waals surface area contributed by atoms with Crippen LogP contribution in [0.3, 0.4) is 0 Å². The molecule has 1 atom stereocenters. The third kappa shape index (κ3) is 3.71. The standard InChI is InChI=1S/C18H28N2/c1-5-16-8-7-9-17(12-16)13-19-10-11-20(15(3)4)18(6-2)14-19/h5,7-9,12,15,18H,1,6,10-11,13-14H2,2-4H3.